The zero-order valence-corrected chi connectivity index (χ0v) is 11.8. The van der Waals surface area contributed by atoms with Crippen LogP contribution in [-0.2, 0) is 13.1 Å². The lowest BCUT2D eigenvalue weighted by Crippen LogP contribution is -1.99. The van der Waals surface area contributed by atoms with Gasteiger partial charge < -0.3 is 9.88 Å². The van der Waals surface area contributed by atoms with E-state index in [-0.39, 0.29) is 6.67 Å². The lowest BCUT2D eigenvalue weighted by Gasteiger charge is -2.06. The molecule has 0 fully saturated rings. The van der Waals surface area contributed by atoms with Crippen LogP contribution in [0.15, 0.2) is 43.0 Å². The average Bonchev–Trinajstić information content (AvgIpc) is 3.04. The number of fused-ring (bicyclic) bond motifs is 5. The first-order chi connectivity index (χ1) is 10.3. The molecule has 2 heterocycles. The van der Waals surface area contributed by atoms with Crippen LogP contribution in [0.1, 0.15) is 17.5 Å². The molecule has 2 aromatic carbocycles. The van der Waals surface area contributed by atoms with E-state index in [1.165, 1.54) is 32.9 Å². The monoisotopic (exact) mass is 280 g/mol. The topological polar surface area (TPSA) is 17.0 Å². The molecule has 21 heavy (non-hydrogen) atoms. The van der Waals surface area contributed by atoms with E-state index in [2.05, 4.69) is 46.8 Å². The van der Waals surface area contributed by atoms with Gasteiger partial charge in [0.1, 0.15) is 0 Å². The number of alkyl halides is 1. The summed E-state index contributed by atoms with van der Waals surface area (Å²) in [6.45, 7) is 5.33. The van der Waals surface area contributed by atoms with Crippen molar-refractivity contribution in [3.8, 4) is 0 Å². The first-order valence-corrected chi connectivity index (χ1v) is 7.33. The smallest absolute Gasteiger partial charge is 0.0911 e. The van der Waals surface area contributed by atoms with E-state index < -0.39 is 0 Å². The minimum Gasteiger partial charge on any atom is -0.381 e. The van der Waals surface area contributed by atoms with Crippen LogP contribution in [-0.4, -0.2) is 11.2 Å². The normalized spacial score (nSPS) is 13.9. The largest absolute Gasteiger partial charge is 0.381 e. The molecule has 0 saturated carbocycles. The van der Waals surface area contributed by atoms with E-state index in [4.69, 9.17) is 0 Å². The maximum Gasteiger partial charge on any atom is 0.0911 e. The van der Waals surface area contributed by atoms with Gasteiger partial charge in [0, 0.05) is 46.2 Å². The molecular formula is C18H17FN2. The van der Waals surface area contributed by atoms with Crippen molar-refractivity contribution in [1.82, 2.24) is 9.88 Å². The Bertz CT molecular complexity index is 860. The molecule has 1 aliphatic rings. The Balaban J connectivity index is 2.10. The number of hydrogen-bond acceptors (Lipinski definition) is 1. The zero-order chi connectivity index (χ0) is 14.4. The van der Waals surface area contributed by atoms with Crippen molar-refractivity contribution in [3.05, 3.63) is 54.1 Å². The Labute approximate surface area is 122 Å². The van der Waals surface area contributed by atoms with Gasteiger partial charge in [-0.05, 0) is 24.1 Å². The molecule has 3 aromatic rings. The molecule has 2 nitrogen and oxygen atoms in total. The summed E-state index contributed by atoms with van der Waals surface area (Å²) in [4.78, 5) is 0. The highest BCUT2D eigenvalue weighted by atomic mass is 19.1. The Morgan fingerprint density at radius 1 is 1.14 bits per heavy atom. The minimum atomic E-state index is -0.280. The molecule has 4 rings (SSSR count). The summed E-state index contributed by atoms with van der Waals surface area (Å²) >= 11 is 0. The van der Waals surface area contributed by atoms with Gasteiger partial charge in [-0.3, -0.25) is 4.39 Å². The molecule has 0 radical (unpaired) electrons. The van der Waals surface area contributed by atoms with E-state index in [1.807, 2.05) is 6.07 Å². The standard InChI is InChI=1S/C18H17FN2/c1-12-13-7-8-17-18(15(13)11-20-12)14-5-2-3-6-16(14)21(17)10-4-9-19/h2-3,5-8,20H,1,4,9-11H2. The van der Waals surface area contributed by atoms with Crippen LogP contribution >= 0.6 is 0 Å². The number of aromatic nitrogens is 1. The molecule has 0 bridgehead atoms. The summed E-state index contributed by atoms with van der Waals surface area (Å²) in [7, 11) is 0. The van der Waals surface area contributed by atoms with Crippen LogP contribution in [0.4, 0.5) is 4.39 Å². The molecule has 3 heteroatoms. The Hall–Kier alpha value is -2.29. The fraction of sp³-hybridized carbons (Fsp3) is 0.222. The van der Waals surface area contributed by atoms with Gasteiger partial charge in [-0.15, -0.1) is 0 Å². The number of hydrogen-bond donors (Lipinski definition) is 1. The predicted molar refractivity (Wildman–Crippen MR) is 85.9 cm³/mol. The van der Waals surface area contributed by atoms with Crippen molar-refractivity contribution in [1.29, 1.82) is 0 Å². The third-order valence-corrected chi connectivity index (χ3v) is 4.36. The SMILES string of the molecule is C=C1NCc2c1ccc1c2c2ccccc2n1CCCF. The number of nitrogens with zero attached hydrogens (tertiary/aromatic N) is 1. The summed E-state index contributed by atoms with van der Waals surface area (Å²) in [5.41, 5.74) is 5.89. The highest BCUT2D eigenvalue weighted by molar-refractivity contribution is 6.11. The fourth-order valence-corrected chi connectivity index (χ4v) is 3.43. The Kier molecular flexibility index (Phi) is 2.74. The van der Waals surface area contributed by atoms with Crippen molar-refractivity contribution >= 4 is 27.5 Å². The summed E-state index contributed by atoms with van der Waals surface area (Å²) in [5.74, 6) is 0. The summed E-state index contributed by atoms with van der Waals surface area (Å²) < 4.78 is 14.9. The van der Waals surface area contributed by atoms with Crippen molar-refractivity contribution in [2.24, 2.45) is 0 Å². The number of halogens is 1. The second-order valence-corrected chi connectivity index (χ2v) is 5.53. The highest BCUT2D eigenvalue weighted by Crippen LogP contribution is 2.37. The van der Waals surface area contributed by atoms with Crippen molar-refractivity contribution in [3.63, 3.8) is 0 Å². The van der Waals surface area contributed by atoms with E-state index in [0.717, 1.165) is 12.2 Å². The molecular weight excluding hydrogens is 263 g/mol. The van der Waals surface area contributed by atoms with Gasteiger partial charge in [0.25, 0.3) is 0 Å². The van der Waals surface area contributed by atoms with Gasteiger partial charge in [0.15, 0.2) is 0 Å². The molecule has 0 spiro atoms. The van der Waals surface area contributed by atoms with Crippen LogP contribution in [0.2, 0.25) is 0 Å². The van der Waals surface area contributed by atoms with Gasteiger partial charge in [0.05, 0.1) is 6.67 Å². The van der Waals surface area contributed by atoms with Gasteiger partial charge >= 0.3 is 0 Å². The highest BCUT2D eigenvalue weighted by Gasteiger charge is 2.21. The quantitative estimate of drug-likeness (QED) is 0.759. The average molecular weight is 280 g/mol. The van der Waals surface area contributed by atoms with Crippen molar-refractivity contribution in [2.45, 2.75) is 19.5 Å². The molecule has 0 unspecified atom stereocenters. The molecule has 0 saturated heterocycles. The maximum atomic E-state index is 12.6. The lowest BCUT2D eigenvalue weighted by molar-refractivity contribution is 0.452. The summed E-state index contributed by atoms with van der Waals surface area (Å²) in [6.07, 6.45) is 0.551. The third-order valence-electron chi connectivity index (χ3n) is 4.36. The van der Waals surface area contributed by atoms with Crippen molar-refractivity contribution < 1.29 is 4.39 Å². The second kappa shape index (κ2) is 4.62. The molecule has 106 valence electrons. The third kappa shape index (κ3) is 1.70. The van der Waals surface area contributed by atoms with Gasteiger partial charge in [-0.25, -0.2) is 0 Å². The van der Waals surface area contributed by atoms with Gasteiger partial charge in [-0.2, -0.15) is 0 Å². The Morgan fingerprint density at radius 2 is 2.00 bits per heavy atom. The van der Waals surface area contributed by atoms with E-state index in [1.54, 1.807) is 0 Å². The second-order valence-electron chi connectivity index (χ2n) is 5.53. The van der Waals surface area contributed by atoms with E-state index in [9.17, 15) is 4.39 Å². The molecule has 1 N–H and O–H groups in total. The number of benzene rings is 2. The minimum absolute atomic E-state index is 0.280. The molecule has 1 aromatic heterocycles. The van der Waals surface area contributed by atoms with Crippen LogP contribution in [0, 0.1) is 0 Å². The number of nitrogens with one attached hydrogen (secondary N) is 1. The molecule has 1 aliphatic heterocycles. The lowest BCUT2D eigenvalue weighted by atomic mass is 10.0. The molecule has 0 amide bonds. The van der Waals surface area contributed by atoms with Crippen LogP contribution < -0.4 is 5.32 Å². The first-order valence-electron chi connectivity index (χ1n) is 7.33. The molecule has 0 atom stereocenters. The number of rotatable bonds is 3. The first kappa shape index (κ1) is 12.5. The Morgan fingerprint density at radius 3 is 2.86 bits per heavy atom. The fourth-order valence-electron chi connectivity index (χ4n) is 3.43. The summed E-state index contributed by atoms with van der Waals surface area (Å²) in [6, 6.07) is 12.7. The van der Waals surface area contributed by atoms with Gasteiger partial charge in [-0.1, -0.05) is 30.8 Å². The van der Waals surface area contributed by atoms with Crippen molar-refractivity contribution in [2.75, 3.05) is 6.67 Å². The summed E-state index contributed by atoms with van der Waals surface area (Å²) in [5, 5.41) is 5.87. The van der Waals surface area contributed by atoms with Crippen LogP contribution in [0.3, 0.4) is 0 Å². The number of para-hydroxylation sites is 1. The zero-order valence-electron chi connectivity index (χ0n) is 11.8. The van der Waals surface area contributed by atoms with E-state index in [0.29, 0.717) is 13.0 Å². The molecule has 0 aliphatic carbocycles. The maximum absolute atomic E-state index is 12.6. The van der Waals surface area contributed by atoms with Gasteiger partial charge in [0.2, 0.25) is 0 Å². The van der Waals surface area contributed by atoms with E-state index >= 15 is 0 Å². The van der Waals surface area contributed by atoms with Crippen LogP contribution in [0.5, 0.6) is 0 Å². The van der Waals surface area contributed by atoms with Crippen LogP contribution in [0.25, 0.3) is 27.5 Å². The predicted octanol–water partition coefficient (Wildman–Crippen LogP) is 4.23. The number of aryl methyl sites for hydroxylation is 1.